The Morgan fingerprint density at radius 2 is 2.12 bits per heavy atom. The fourth-order valence-corrected chi connectivity index (χ4v) is 3.04. The van der Waals surface area contributed by atoms with Gasteiger partial charge in [0.2, 0.25) is 0 Å². The molecule has 1 atom stereocenters. The Hall–Kier alpha value is -1.63. The van der Waals surface area contributed by atoms with Crippen LogP contribution in [0, 0.1) is 5.92 Å². The average Bonchev–Trinajstić information content (AvgIpc) is 2.55. The second-order valence-corrected chi connectivity index (χ2v) is 7.49. The SMILES string of the molecule is CC(C)CCOc1ccc(CN2CCOC(CN(C)CC(=O)O)C2)cc1. The summed E-state index contributed by atoms with van der Waals surface area (Å²) in [6.45, 7) is 9.08. The van der Waals surface area contributed by atoms with E-state index in [-0.39, 0.29) is 12.6 Å². The van der Waals surface area contributed by atoms with Gasteiger partial charge in [0.05, 0.1) is 25.9 Å². The summed E-state index contributed by atoms with van der Waals surface area (Å²) in [6, 6.07) is 8.31. The minimum atomic E-state index is -0.809. The number of carbonyl (C=O) groups is 1. The van der Waals surface area contributed by atoms with Gasteiger partial charge in [-0.2, -0.15) is 0 Å². The molecule has 6 nitrogen and oxygen atoms in total. The zero-order valence-corrected chi connectivity index (χ0v) is 16.2. The van der Waals surface area contributed by atoms with Crippen molar-refractivity contribution in [3.05, 3.63) is 29.8 Å². The highest BCUT2D eigenvalue weighted by molar-refractivity contribution is 5.69. The second-order valence-electron chi connectivity index (χ2n) is 7.49. The van der Waals surface area contributed by atoms with Crippen molar-refractivity contribution in [2.75, 3.05) is 46.4 Å². The number of ether oxygens (including phenoxy) is 2. The molecule has 2 rings (SSSR count). The van der Waals surface area contributed by atoms with Crippen LogP contribution in [0.4, 0.5) is 0 Å². The highest BCUT2D eigenvalue weighted by Gasteiger charge is 2.22. The molecule has 1 unspecified atom stereocenters. The molecule has 1 aliphatic heterocycles. The van der Waals surface area contributed by atoms with Crippen LogP contribution >= 0.6 is 0 Å². The van der Waals surface area contributed by atoms with Gasteiger partial charge in [-0.3, -0.25) is 14.6 Å². The Balaban J connectivity index is 1.77. The molecule has 1 fully saturated rings. The lowest BCUT2D eigenvalue weighted by atomic mass is 10.1. The molecule has 1 N–H and O–H groups in total. The van der Waals surface area contributed by atoms with E-state index in [1.807, 2.05) is 19.2 Å². The van der Waals surface area contributed by atoms with E-state index in [9.17, 15) is 4.79 Å². The number of benzene rings is 1. The largest absolute Gasteiger partial charge is 0.494 e. The van der Waals surface area contributed by atoms with Crippen molar-refractivity contribution >= 4 is 5.97 Å². The first kappa shape index (κ1) is 20.7. The Kier molecular flexibility index (Phi) is 8.35. The van der Waals surface area contributed by atoms with Crippen molar-refractivity contribution in [3.63, 3.8) is 0 Å². The average molecular weight is 364 g/mol. The first-order valence-electron chi connectivity index (χ1n) is 9.38. The number of carboxylic acid groups (broad SMARTS) is 1. The van der Waals surface area contributed by atoms with E-state index in [0.29, 0.717) is 19.1 Å². The summed E-state index contributed by atoms with van der Waals surface area (Å²) in [5, 5.41) is 8.86. The first-order chi connectivity index (χ1) is 12.4. The molecule has 6 heteroatoms. The van der Waals surface area contributed by atoms with Gasteiger partial charge in [0.15, 0.2) is 0 Å². The standard InChI is InChI=1S/C20H32N2O4/c1-16(2)8-10-25-18-6-4-17(5-7-18)12-22-9-11-26-19(14-22)13-21(3)15-20(23)24/h4-7,16,19H,8-15H2,1-3H3,(H,23,24). The molecule has 0 aromatic heterocycles. The molecule has 1 aliphatic rings. The number of hydrogen-bond acceptors (Lipinski definition) is 5. The first-order valence-corrected chi connectivity index (χ1v) is 9.38. The lowest BCUT2D eigenvalue weighted by molar-refractivity contribution is -0.138. The van der Waals surface area contributed by atoms with Gasteiger partial charge in [0.25, 0.3) is 0 Å². The number of morpholine rings is 1. The van der Waals surface area contributed by atoms with Gasteiger partial charge in [-0.05, 0) is 37.1 Å². The number of nitrogens with zero attached hydrogens (tertiary/aromatic N) is 2. The van der Waals surface area contributed by atoms with E-state index in [1.54, 1.807) is 4.90 Å². The minimum absolute atomic E-state index is 0.0398. The molecular weight excluding hydrogens is 332 g/mol. The number of aliphatic carboxylic acids is 1. The molecule has 0 spiro atoms. The highest BCUT2D eigenvalue weighted by atomic mass is 16.5. The molecule has 1 heterocycles. The van der Waals surface area contributed by atoms with Crippen molar-refractivity contribution in [2.45, 2.75) is 32.9 Å². The van der Waals surface area contributed by atoms with Gasteiger partial charge < -0.3 is 14.6 Å². The Morgan fingerprint density at radius 3 is 2.77 bits per heavy atom. The van der Waals surface area contributed by atoms with Crippen LogP contribution in [0.25, 0.3) is 0 Å². The highest BCUT2D eigenvalue weighted by Crippen LogP contribution is 2.16. The molecule has 0 aliphatic carbocycles. The summed E-state index contributed by atoms with van der Waals surface area (Å²) in [5.41, 5.74) is 1.25. The maximum absolute atomic E-state index is 10.8. The number of rotatable bonds is 10. The molecule has 1 aromatic rings. The van der Waals surface area contributed by atoms with Crippen LogP contribution in [0.5, 0.6) is 5.75 Å². The summed E-state index contributed by atoms with van der Waals surface area (Å²) in [7, 11) is 1.81. The third kappa shape index (κ3) is 7.72. The zero-order chi connectivity index (χ0) is 18.9. The molecule has 26 heavy (non-hydrogen) atoms. The van der Waals surface area contributed by atoms with Gasteiger partial charge in [0.1, 0.15) is 5.75 Å². The third-order valence-electron chi connectivity index (χ3n) is 4.44. The molecular formula is C20H32N2O4. The van der Waals surface area contributed by atoms with Crippen molar-refractivity contribution < 1.29 is 19.4 Å². The Bertz CT molecular complexity index is 547. The predicted molar refractivity (Wildman–Crippen MR) is 102 cm³/mol. The van der Waals surface area contributed by atoms with Gasteiger partial charge in [-0.25, -0.2) is 0 Å². The minimum Gasteiger partial charge on any atom is -0.494 e. The van der Waals surface area contributed by atoms with Crippen LogP contribution in [-0.2, 0) is 16.1 Å². The molecule has 0 saturated carbocycles. The van der Waals surface area contributed by atoms with Gasteiger partial charge in [0, 0.05) is 26.2 Å². The number of carboxylic acids is 1. The van der Waals surface area contributed by atoms with Crippen LogP contribution in [0.3, 0.4) is 0 Å². The van der Waals surface area contributed by atoms with E-state index in [0.717, 1.165) is 38.4 Å². The smallest absolute Gasteiger partial charge is 0.317 e. The number of likely N-dealkylation sites (N-methyl/N-ethyl adjacent to an activating group) is 1. The maximum Gasteiger partial charge on any atom is 0.317 e. The molecule has 1 saturated heterocycles. The summed E-state index contributed by atoms with van der Waals surface area (Å²) in [4.78, 5) is 14.9. The zero-order valence-electron chi connectivity index (χ0n) is 16.2. The van der Waals surface area contributed by atoms with Crippen LogP contribution in [0.15, 0.2) is 24.3 Å². The second kappa shape index (κ2) is 10.5. The fraction of sp³-hybridized carbons (Fsp3) is 0.650. The molecule has 0 bridgehead atoms. The van der Waals surface area contributed by atoms with Crippen LogP contribution < -0.4 is 4.74 Å². The maximum atomic E-state index is 10.8. The third-order valence-corrected chi connectivity index (χ3v) is 4.44. The van der Waals surface area contributed by atoms with Gasteiger partial charge in [-0.1, -0.05) is 26.0 Å². The Labute approximate surface area is 156 Å². The molecule has 1 aromatic carbocycles. The quantitative estimate of drug-likeness (QED) is 0.688. The summed E-state index contributed by atoms with van der Waals surface area (Å²) >= 11 is 0. The van der Waals surface area contributed by atoms with Crippen LogP contribution in [0.1, 0.15) is 25.8 Å². The van der Waals surface area contributed by atoms with Crippen molar-refractivity contribution in [3.8, 4) is 5.75 Å². The Morgan fingerprint density at radius 1 is 1.38 bits per heavy atom. The molecule has 146 valence electrons. The van der Waals surface area contributed by atoms with Crippen molar-refractivity contribution in [1.29, 1.82) is 0 Å². The van der Waals surface area contributed by atoms with Crippen LogP contribution in [0.2, 0.25) is 0 Å². The van der Waals surface area contributed by atoms with Gasteiger partial charge >= 0.3 is 5.97 Å². The summed E-state index contributed by atoms with van der Waals surface area (Å²) in [5.74, 6) is 0.763. The van der Waals surface area contributed by atoms with E-state index < -0.39 is 5.97 Å². The lowest BCUT2D eigenvalue weighted by Crippen LogP contribution is -2.47. The number of hydrogen-bond donors (Lipinski definition) is 1. The monoisotopic (exact) mass is 364 g/mol. The van der Waals surface area contributed by atoms with Gasteiger partial charge in [-0.15, -0.1) is 0 Å². The van der Waals surface area contributed by atoms with Crippen molar-refractivity contribution in [1.82, 2.24) is 9.80 Å². The van der Waals surface area contributed by atoms with E-state index in [4.69, 9.17) is 14.6 Å². The predicted octanol–water partition coefficient (Wildman–Crippen LogP) is 2.33. The molecule has 0 amide bonds. The summed E-state index contributed by atoms with van der Waals surface area (Å²) < 4.78 is 11.6. The van der Waals surface area contributed by atoms with E-state index in [1.165, 1.54) is 5.56 Å². The topological polar surface area (TPSA) is 62.2 Å². The fourth-order valence-electron chi connectivity index (χ4n) is 3.04. The molecule has 0 radical (unpaired) electrons. The lowest BCUT2D eigenvalue weighted by Gasteiger charge is -2.34. The normalized spacial score (nSPS) is 18.4. The van der Waals surface area contributed by atoms with E-state index in [2.05, 4.69) is 30.9 Å². The van der Waals surface area contributed by atoms with Crippen LogP contribution in [-0.4, -0.2) is 73.4 Å². The van der Waals surface area contributed by atoms with E-state index >= 15 is 0 Å². The summed E-state index contributed by atoms with van der Waals surface area (Å²) in [6.07, 6.45) is 1.11. The van der Waals surface area contributed by atoms with Crippen molar-refractivity contribution in [2.24, 2.45) is 5.92 Å².